The van der Waals surface area contributed by atoms with Crippen molar-refractivity contribution >= 4 is 52.4 Å². The molecule has 1 aromatic carbocycles. The molecular weight excluding hydrogens is 602 g/mol. The number of hydrogen-bond donors (Lipinski definition) is 2. The molecule has 0 aliphatic rings. The number of benzene rings is 1. The Hall–Kier alpha value is -3.89. The van der Waals surface area contributed by atoms with E-state index in [9.17, 15) is 36.6 Å². The predicted octanol–water partition coefficient (Wildman–Crippen LogP) is 4.87. The standard InChI is InChI=1S/C20H10Cl3F5N8O3/c21-8-4-10(17(38)39)14(12(23)5-8)30-16(37)13-6-9(32-36(13)15-11(22)2-1-3-29-15)7-35-33-18(31-34-35)19(24,25)20(26,27)28/h1-6H,7H2,(H,30,37)(H,38,39). The molecule has 0 saturated carbocycles. The van der Waals surface area contributed by atoms with Crippen molar-refractivity contribution in [3.8, 4) is 5.82 Å². The van der Waals surface area contributed by atoms with Gasteiger partial charge in [0.25, 0.3) is 11.7 Å². The number of hydrogen-bond acceptors (Lipinski definition) is 7. The van der Waals surface area contributed by atoms with Gasteiger partial charge in [-0.15, -0.1) is 10.2 Å². The first-order chi connectivity index (χ1) is 18.2. The van der Waals surface area contributed by atoms with Gasteiger partial charge in [0.15, 0.2) is 5.82 Å². The van der Waals surface area contributed by atoms with Gasteiger partial charge in [0, 0.05) is 11.2 Å². The van der Waals surface area contributed by atoms with Crippen molar-refractivity contribution in [2.75, 3.05) is 5.32 Å². The lowest BCUT2D eigenvalue weighted by Crippen LogP contribution is -2.35. The Morgan fingerprint density at radius 1 is 1.03 bits per heavy atom. The minimum absolute atomic E-state index is 0.0150. The number of carbonyl (C=O) groups excluding carboxylic acids is 1. The van der Waals surface area contributed by atoms with Gasteiger partial charge in [-0.3, -0.25) is 4.79 Å². The summed E-state index contributed by atoms with van der Waals surface area (Å²) in [5.74, 6) is -9.76. The number of pyridine rings is 1. The number of carboxylic acids is 1. The van der Waals surface area contributed by atoms with Crippen molar-refractivity contribution in [2.24, 2.45) is 0 Å². The summed E-state index contributed by atoms with van der Waals surface area (Å²) in [4.78, 5) is 29.3. The van der Waals surface area contributed by atoms with Gasteiger partial charge in [0.1, 0.15) is 12.2 Å². The molecule has 0 bridgehead atoms. The average Bonchev–Trinajstić information content (AvgIpc) is 3.48. The van der Waals surface area contributed by atoms with E-state index in [2.05, 4.69) is 30.8 Å². The van der Waals surface area contributed by atoms with Crippen molar-refractivity contribution in [3.63, 3.8) is 0 Å². The Bertz CT molecular complexity index is 1590. The average molecular weight is 612 g/mol. The van der Waals surface area contributed by atoms with E-state index in [0.29, 0.717) is 4.80 Å². The largest absolute Gasteiger partial charge is 0.478 e. The fourth-order valence-corrected chi connectivity index (χ4v) is 3.86. The predicted molar refractivity (Wildman–Crippen MR) is 125 cm³/mol. The van der Waals surface area contributed by atoms with Gasteiger partial charge in [0.05, 0.1) is 27.0 Å². The van der Waals surface area contributed by atoms with Crippen LogP contribution in [0, 0.1) is 0 Å². The number of alkyl halides is 5. The lowest BCUT2D eigenvalue weighted by Gasteiger charge is -2.14. The monoisotopic (exact) mass is 610 g/mol. The molecule has 2 N–H and O–H groups in total. The number of halogens is 8. The fraction of sp³-hybridized carbons (Fsp3) is 0.150. The molecule has 0 saturated heterocycles. The van der Waals surface area contributed by atoms with E-state index >= 15 is 0 Å². The van der Waals surface area contributed by atoms with Crippen molar-refractivity contribution in [1.29, 1.82) is 0 Å². The first kappa shape index (κ1) is 28.1. The van der Waals surface area contributed by atoms with Crippen molar-refractivity contribution in [1.82, 2.24) is 35.0 Å². The molecule has 0 aliphatic heterocycles. The van der Waals surface area contributed by atoms with E-state index in [-0.39, 0.29) is 38.0 Å². The summed E-state index contributed by atoms with van der Waals surface area (Å²) in [5, 5.41) is 24.8. The second-order valence-electron chi connectivity index (χ2n) is 7.53. The van der Waals surface area contributed by atoms with Crippen LogP contribution in [0.1, 0.15) is 32.4 Å². The smallest absolute Gasteiger partial charge is 0.461 e. The van der Waals surface area contributed by atoms with Gasteiger partial charge in [-0.05, 0) is 35.5 Å². The zero-order valence-electron chi connectivity index (χ0n) is 18.6. The number of carbonyl (C=O) groups is 2. The fourth-order valence-electron chi connectivity index (χ4n) is 3.12. The first-order valence-corrected chi connectivity index (χ1v) is 11.3. The van der Waals surface area contributed by atoms with Crippen molar-refractivity contribution in [2.45, 2.75) is 18.6 Å². The highest BCUT2D eigenvalue weighted by atomic mass is 35.5. The third-order valence-electron chi connectivity index (χ3n) is 4.85. The zero-order chi connectivity index (χ0) is 28.7. The van der Waals surface area contributed by atoms with Crippen LogP contribution in [0.15, 0.2) is 36.5 Å². The lowest BCUT2D eigenvalue weighted by molar-refractivity contribution is -0.292. The highest BCUT2D eigenvalue weighted by Gasteiger charge is 2.62. The number of carboxylic acid groups (broad SMARTS) is 1. The summed E-state index contributed by atoms with van der Waals surface area (Å²) in [6, 6.07) is 6.22. The minimum Gasteiger partial charge on any atom is -0.478 e. The normalized spacial score (nSPS) is 12.0. The molecule has 0 fully saturated rings. The molecule has 39 heavy (non-hydrogen) atoms. The summed E-state index contributed by atoms with van der Waals surface area (Å²) < 4.78 is 65.9. The summed E-state index contributed by atoms with van der Waals surface area (Å²) in [5.41, 5.74) is -1.18. The van der Waals surface area contributed by atoms with Gasteiger partial charge >= 0.3 is 18.1 Å². The van der Waals surface area contributed by atoms with Crippen LogP contribution in [0.25, 0.3) is 5.82 Å². The van der Waals surface area contributed by atoms with Crippen LogP contribution in [0.4, 0.5) is 27.6 Å². The Kier molecular flexibility index (Phi) is 7.46. The highest BCUT2D eigenvalue weighted by molar-refractivity contribution is 6.38. The second kappa shape index (κ2) is 10.3. The van der Waals surface area contributed by atoms with E-state index in [1.807, 2.05) is 0 Å². The summed E-state index contributed by atoms with van der Waals surface area (Å²) in [7, 11) is 0. The molecule has 19 heteroatoms. The van der Waals surface area contributed by atoms with Crippen LogP contribution in [0.5, 0.6) is 0 Å². The van der Waals surface area contributed by atoms with E-state index < -0.39 is 41.9 Å². The molecular formula is C20H10Cl3F5N8O3. The molecule has 0 atom stereocenters. The molecule has 4 aromatic rings. The van der Waals surface area contributed by atoms with E-state index in [1.54, 1.807) is 0 Å². The van der Waals surface area contributed by atoms with Crippen LogP contribution >= 0.6 is 34.8 Å². The number of amides is 1. The number of tetrazole rings is 1. The molecule has 0 spiro atoms. The van der Waals surface area contributed by atoms with Crippen LogP contribution in [0.3, 0.4) is 0 Å². The molecule has 3 heterocycles. The Labute approximate surface area is 228 Å². The van der Waals surface area contributed by atoms with Gasteiger partial charge < -0.3 is 10.4 Å². The van der Waals surface area contributed by atoms with Crippen molar-refractivity contribution < 1.29 is 36.6 Å². The maximum Gasteiger partial charge on any atom is 0.461 e. The molecule has 204 valence electrons. The molecule has 0 unspecified atom stereocenters. The SMILES string of the molecule is O=C(O)c1cc(Cl)cc(Cl)c1NC(=O)c1cc(Cn2nnc(C(F)(F)C(F)(F)F)n2)nn1-c1ncccc1Cl. The molecule has 3 aromatic heterocycles. The zero-order valence-corrected chi connectivity index (χ0v) is 20.9. The second-order valence-corrected chi connectivity index (χ2v) is 8.78. The van der Waals surface area contributed by atoms with Crippen LogP contribution < -0.4 is 5.32 Å². The topological polar surface area (TPSA) is 141 Å². The third-order valence-corrected chi connectivity index (χ3v) is 5.66. The third kappa shape index (κ3) is 5.62. The van der Waals surface area contributed by atoms with E-state index in [0.717, 1.165) is 16.8 Å². The summed E-state index contributed by atoms with van der Waals surface area (Å²) in [6.07, 6.45) is -4.64. The maximum absolute atomic E-state index is 13.5. The molecule has 0 aliphatic carbocycles. The van der Waals surface area contributed by atoms with Crippen LogP contribution in [-0.4, -0.2) is 58.1 Å². The lowest BCUT2D eigenvalue weighted by atomic mass is 10.1. The number of anilines is 1. The number of nitrogens with zero attached hydrogens (tertiary/aromatic N) is 7. The molecule has 11 nitrogen and oxygen atoms in total. The van der Waals surface area contributed by atoms with Gasteiger partial charge in [-0.2, -0.15) is 31.8 Å². The van der Waals surface area contributed by atoms with Gasteiger partial charge in [-0.1, -0.05) is 34.8 Å². The Balaban J connectivity index is 1.74. The number of rotatable bonds is 7. The summed E-state index contributed by atoms with van der Waals surface area (Å²) in [6.45, 7) is -0.610. The first-order valence-electron chi connectivity index (χ1n) is 10.2. The highest BCUT2D eigenvalue weighted by Crippen LogP contribution is 2.42. The molecule has 0 radical (unpaired) electrons. The summed E-state index contributed by atoms with van der Waals surface area (Å²) >= 11 is 18.1. The quantitative estimate of drug-likeness (QED) is 0.282. The minimum atomic E-state index is -5.96. The van der Waals surface area contributed by atoms with Gasteiger partial charge in [-0.25, -0.2) is 14.5 Å². The van der Waals surface area contributed by atoms with Gasteiger partial charge in [0.2, 0.25) is 0 Å². The Morgan fingerprint density at radius 3 is 2.38 bits per heavy atom. The number of aromatic carboxylic acids is 1. The van der Waals surface area contributed by atoms with E-state index in [4.69, 9.17) is 34.8 Å². The maximum atomic E-state index is 13.5. The van der Waals surface area contributed by atoms with Crippen LogP contribution in [-0.2, 0) is 12.5 Å². The number of aromatic nitrogens is 7. The van der Waals surface area contributed by atoms with Crippen LogP contribution in [0.2, 0.25) is 15.1 Å². The van der Waals surface area contributed by atoms with E-state index in [1.165, 1.54) is 24.4 Å². The Morgan fingerprint density at radius 2 is 1.74 bits per heavy atom. The number of nitrogens with one attached hydrogen (secondary N) is 1. The molecule has 1 amide bonds. The molecule has 4 rings (SSSR count). The van der Waals surface area contributed by atoms with Crippen molar-refractivity contribution in [3.05, 3.63) is 74.4 Å².